The Hall–Kier alpha value is -6.70. The van der Waals surface area contributed by atoms with E-state index in [0.29, 0.717) is 5.92 Å². The van der Waals surface area contributed by atoms with Crippen molar-refractivity contribution in [1.82, 2.24) is 0 Å². The van der Waals surface area contributed by atoms with Crippen molar-refractivity contribution in [3.63, 3.8) is 0 Å². The van der Waals surface area contributed by atoms with Crippen LogP contribution in [0, 0.1) is 0 Å². The highest BCUT2D eigenvalue weighted by Crippen LogP contribution is 2.54. The molecule has 1 unspecified atom stereocenters. The molecule has 0 radical (unpaired) electrons. The fourth-order valence-corrected chi connectivity index (χ4v) is 9.12. The van der Waals surface area contributed by atoms with Gasteiger partial charge in [0.2, 0.25) is 0 Å². The van der Waals surface area contributed by atoms with Crippen LogP contribution < -0.4 is 4.90 Å². The van der Waals surface area contributed by atoms with Crippen molar-refractivity contribution in [2.75, 3.05) is 4.90 Å². The summed E-state index contributed by atoms with van der Waals surface area (Å²) in [5.41, 5.74) is 17.5. The summed E-state index contributed by atoms with van der Waals surface area (Å²) in [7, 11) is 0. The summed E-state index contributed by atoms with van der Waals surface area (Å²) >= 11 is 0. The molecule has 8 aromatic rings. The maximum Gasteiger partial charge on any atom is 0.0468 e. The zero-order valence-electron chi connectivity index (χ0n) is 31.9. The molecule has 10 rings (SSSR count). The average Bonchev–Trinajstić information content (AvgIpc) is 3.49. The van der Waals surface area contributed by atoms with Gasteiger partial charge in [-0.2, -0.15) is 0 Å². The number of rotatable bonds is 7. The summed E-state index contributed by atoms with van der Waals surface area (Å²) in [5.74, 6) is 0.453. The first-order valence-electron chi connectivity index (χ1n) is 19.8. The maximum absolute atomic E-state index is 2.46. The van der Waals surface area contributed by atoms with Crippen LogP contribution in [0.15, 0.2) is 212 Å². The van der Waals surface area contributed by atoms with Gasteiger partial charge in [-0.05, 0) is 115 Å². The zero-order valence-corrected chi connectivity index (χ0v) is 31.9. The fourth-order valence-electron chi connectivity index (χ4n) is 9.12. The van der Waals surface area contributed by atoms with E-state index in [2.05, 4.69) is 225 Å². The topological polar surface area (TPSA) is 3.24 Å². The van der Waals surface area contributed by atoms with Crippen molar-refractivity contribution in [2.24, 2.45) is 0 Å². The molecule has 0 saturated carbocycles. The molecule has 0 aromatic heterocycles. The first-order valence-corrected chi connectivity index (χ1v) is 19.8. The van der Waals surface area contributed by atoms with E-state index in [4.69, 9.17) is 0 Å². The molecule has 0 saturated heterocycles. The Bertz CT molecular complexity index is 2770. The average molecular weight is 718 g/mol. The lowest BCUT2D eigenvalue weighted by molar-refractivity contribution is 0.612. The monoisotopic (exact) mass is 717 g/mol. The van der Waals surface area contributed by atoms with Gasteiger partial charge in [0.1, 0.15) is 0 Å². The predicted octanol–water partition coefficient (Wildman–Crippen LogP) is 15.2. The van der Waals surface area contributed by atoms with Crippen LogP contribution in [-0.2, 0) is 5.41 Å². The molecule has 56 heavy (non-hydrogen) atoms. The maximum atomic E-state index is 2.46. The molecule has 2 aliphatic carbocycles. The zero-order chi connectivity index (χ0) is 37.6. The number of anilines is 3. The largest absolute Gasteiger partial charge is 0.310 e. The standard InChI is InChI=1S/C55H43N/c1-55(2)53-20-12-11-19-50(53)51-34-32-48(37-54(51)55)56(46-29-27-40(28-30-46)38-13-5-3-6-14-38)47-31-33-49(52(36-47)42-16-7-4-8-17-42)43-24-21-41(22-25-43)45-26-23-39-15-9-10-18-44(39)35-45/h3-18,20-37,50H,19H2,1-2H3. The van der Waals surface area contributed by atoms with Crippen LogP contribution in [-0.4, -0.2) is 0 Å². The van der Waals surface area contributed by atoms with Crippen LogP contribution in [0.4, 0.5) is 17.1 Å². The van der Waals surface area contributed by atoms with Gasteiger partial charge in [0, 0.05) is 28.4 Å². The summed E-state index contributed by atoms with van der Waals surface area (Å²) in [6, 6.07) is 69.1. The van der Waals surface area contributed by atoms with Gasteiger partial charge in [0.15, 0.2) is 0 Å². The minimum Gasteiger partial charge on any atom is -0.310 e. The molecule has 0 amide bonds. The molecule has 0 N–H and O–H groups in total. The number of hydrogen-bond acceptors (Lipinski definition) is 1. The first kappa shape index (κ1) is 33.8. The van der Waals surface area contributed by atoms with Crippen LogP contribution in [0.25, 0.3) is 55.3 Å². The SMILES string of the molecule is CC1(C)C2=CC=CCC2c2ccc(N(c3ccc(-c4ccccc4)cc3)c3ccc(-c4ccc(-c5ccc6ccccc6c5)cc4)c(-c4ccccc4)c3)cc21. The lowest BCUT2D eigenvalue weighted by Gasteiger charge is -2.29. The first-order chi connectivity index (χ1) is 27.5. The number of benzene rings is 8. The summed E-state index contributed by atoms with van der Waals surface area (Å²) in [6.45, 7) is 4.79. The van der Waals surface area contributed by atoms with Gasteiger partial charge in [-0.3, -0.25) is 0 Å². The van der Waals surface area contributed by atoms with E-state index in [1.165, 1.54) is 77.7 Å². The molecule has 0 aliphatic heterocycles. The normalized spacial score (nSPS) is 15.2. The number of fused-ring (bicyclic) bond motifs is 4. The van der Waals surface area contributed by atoms with E-state index in [-0.39, 0.29) is 5.41 Å². The van der Waals surface area contributed by atoms with Crippen molar-refractivity contribution in [3.05, 3.63) is 223 Å². The van der Waals surface area contributed by atoms with E-state index in [1.54, 1.807) is 0 Å². The third kappa shape index (κ3) is 5.97. The van der Waals surface area contributed by atoms with Crippen molar-refractivity contribution in [3.8, 4) is 44.5 Å². The number of allylic oxidation sites excluding steroid dienone is 4. The Morgan fingerprint density at radius 3 is 1.77 bits per heavy atom. The number of hydrogen-bond donors (Lipinski definition) is 0. The number of nitrogens with zero attached hydrogens (tertiary/aromatic N) is 1. The molecule has 0 fully saturated rings. The summed E-state index contributed by atoms with van der Waals surface area (Å²) in [5, 5.41) is 2.52. The molecular formula is C55H43N. The molecule has 0 heterocycles. The highest BCUT2D eigenvalue weighted by molar-refractivity contribution is 5.91. The quantitative estimate of drug-likeness (QED) is 0.159. The second kappa shape index (κ2) is 13.9. The Morgan fingerprint density at radius 2 is 1.00 bits per heavy atom. The molecule has 1 nitrogen and oxygen atoms in total. The molecule has 1 atom stereocenters. The fraction of sp³-hybridized carbons (Fsp3) is 0.0909. The Kier molecular flexibility index (Phi) is 8.37. The van der Waals surface area contributed by atoms with Gasteiger partial charge in [0.05, 0.1) is 0 Å². The van der Waals surface area contributed by atoms with Crippen LogP contribution in [0.1, 0.15) is 37.3 Å². The van der Waals surface area contributed by atoms with E-state index in [0.717, 1.165) is 17.8 Å². The van der Waals surface area contributed by atoms with Gasteiger partial charge in [0.25, 0.3) is 0 Å². The summed E-state index contributed by atoms with van der Waals surface area (Å²) in [6.07, 6.45) is 7.98. The van der Waals surface area contributed by atoms with Gasteiger partial charge >= 0.3 is 0 Å². The second-order valence-corrected chi connectivity index (χ2v) is 15.7. The van der Waals surface area contributed by atoms with E-state index in [1.807, 2.05) is 0 Å². The minimum atomic E-state index is -0.0400. The highest BCUT2D eigenvalue weighted by atomic mass is 15.1. The minimum absolute atomic E-state index is 0.0400. The van der Waals surface area contributed by atoms with Crippen molar-refractivity contribution in [1.29, 1.82) is 0 Å². The Morgan fingerprint density at radius 1 is 0.446 bits per heavy atom. The van der Waals surface area contributed by atoms with Gasteiger partial charge in [-0.1, -0.05) is 183 Å². The van der Waals surface area contributed by atoms with Crippen LogP contribution in [0.2, 0.25) is 0 Å². The van der Waals surface area contributed by atoms with E-state index < -0.39 is 0 Å². The summed E-state index contributed by atoms with van der Waals surface area (Å²) in [4.78, 5) is 2.44. The van der Waals surface area contributed by atoms with E-state index >= 15 is 0 Å². The third-order valence-corrected chi connectivity index (χ3v) is 12.1. The molecular weight excluding hydrogens is 675 g/mol. The molecule has 1 heteroatoms. The molecule has 0 bridgehead atoms. The van der Waals surface area contributed by atoms with Gasteiger partial charge in [-0.15, -0.1) is 0 Å². The van der Waals surface area contributed by atoms with Crippen molar-refractivity contribution in [2.45, 2.75) is 31.6 Å². The van der Waals surface area contributed by atoms with Crippen LogP contribution in [0.5, 0.6) is 0 Å². The van der Waals surface area contributed by atoms with Crippen molar-refractivity contribution >= 4 is 27.8 Å². The van der Waals surface area contributed by atoms with Crippen molar-refractivity contribution < 1.29 is 0 Å². The lowest BCUT2D eigenvalue weighted by atomic mass is 9.79. The molecule has 2 aliphatic rings. The molecule has 268 valence electrons. The lowest BCUT2D eigenvalue weighted by Crippen LogP contribution is -2.18. The smallest absolute Gasteiger partial charge is 0.0468 e. The molecule has 8 aromatic carbocycles. The Labute approximate surface area is 330 Å². The second-order valence-electron chi connectivity index (χ2n) is 15.7. The third-order valence-electron chi connectivity index (χ3n) is 12.1. The van der Waals surface area contributed by atoms with Crippen LogP contribution in [0.3, 0.4) is 0 Å². The Balaban J connectivity index is 1.09. The van der Waals surface area contributed by atoms with Gasteiger partial charge in [-0.25, -0.2) is 0 Å². The van der Waals surface area contributed by atoms with Gasteiger partial charge < -0.3 is 4.90 Å². The highest BCUT2D eigenvalue weighted by Gasteiger charge is 2.41. The molecule has 0 spiro atoms. The predicted molar refractivity (Wildman–Crippen MR) is 238 cm³/mol. The summed E-state index contributed by atoms with van der Waals surface area (Å²) < 4.78 is 0. The van der Waals surface area contributed by atoms with E-state index in [9.17, 15) is 0 Å². The van der Waals surface area contributed by atoms with Crippen LogP contribution >= 0.6 is 0 Å².